The smallest absolute Gasteiger partial charge is 0.222 e. The topological polar surface area (TPSA) is 67.3 Å². The highest BCUT2D eigenvalue weighted by Crippen LogP contribution is 2.38. The molecule has 0 spiro atoms. The van der Waals surface area contributed by atoms with Gasteiger partial charge in [-0.2, -0.15) is 0 Å². The van der Waals surface area contributed by atoms with Gasteiger partial charge in [0.25, 0.3) is 0 Å². The molecule has 0 bridgehead atoms. The molecule has 6 heteroatoms. The van der Waals surface area contributed by atoms with Crippen LogP contribution in [-0.2, 0) is 16.0 Å². The van der Waals surface area contributed by atoms with E-state index in [4.69, 9.17) is 4.74 Å². The van der Waals surface area contributed by atoms with E-state index in [1.807, 2.05) is 30.5 Å². The number of ether oxygens (including phenoxy) is 1. The van der Waals surface area contributed by atoms with Gasteiger partial charge >= 0.3 is 0 Å². The van der Waals surface area contributed by atoms with Gasteiger partial charge in [0.1, 0.15) is 5.82 Å². The highest BCUT2D eigenvalue weighted by Gasteiger charge is 2.43. The first-order valence-corrected chi connectivity index (χ1v) is 11.1. The van der Waals surface area contributed by atoms with Crippen molar-refractivity contribution in [2.75, 3.05) is 25.5 Å². The summed E-state index contributed by atoms with van der Waals surface area (Å²) in [5, 5.41) is 3.55. The van der Waals surface area contributed by atoms with E-state index in [2.05, 4.69) is 26.3 Å². The third-order valence-corrected chi connectivity index (χ3v) is 6.60. The zero-order chi connectivity index (χ0) is 20.8. The van der Waals surface area contributed by atoms with Gasteiger partial charge in [0.2, 0.25) is 5.91 Å². The van der Waals surface area contributed by atoms with Crippen LogP contribution in [-0.4, -0.2) is 53.1 Å². The first kappa shape index (κ1) is 20.8. The lowest BCUT2D eigenvalue weighted by Crippen LogP contribution is -2.44. The van der Waals surface area contributed by atoms with E-state index in [-0.39, 0.29) is 12.1 Å². The highest BCUT2D eigenvalue weighted by atomic mass is 16.5. The quantitative estimate of drug-likeness (QED) is 0.677. The van der Waals surface area contributed by atoms with Gasteiger partial charge in [-0.1, -0.05) is 12.1 Å². The first-order chi connectivity index (χ1) is 14.7. The number of nitrogens with zero attached hydrogens (tertiary/aromatic N) is 3. The molecule has 3 heterocycles. The van der Waals surface area contributed by atoms with Crippen molar-refractivity contribution in [1.82, 2.24) is 14.9 Å². The Morgan fingerprint density at radius 3 is 2.73 bits per heavy atom. The Morgan fingerprint density at radius 2 is 2.00 bits per heavy atom. The molecular weight excluding hydrogens is 376 g/mol. The van der Waals surface area contributed by atoms with Crippen LogP contribution in [0, 0.1) is 11.8 Å². The molecule has 1 saturated carbocycles. The molecule has 2 fully saturated rings. The molecule has 4 atom stereocenters. The Labute approximate surface area is 179 Å². The summed E-state index contributed by atoms with van der Waals surface area (Å²) in [4.78, 5) is 23.4. The lowest BCUT2D eigenvalue weighted by atomic mass is 9.77. The van der Waals surface area contributed by atoms with Crippen LogP contribution < -0.4 is 5.32 Å². The molecule has 0 radical (unpaired) electrons. The Balaban J connectivity index is 1.25. The van der Waals surface area contributed by atoms with E-state index in [0.717, 1.165) is 51.0 Å². The number of hydrogen-bond acceptors (Lipinski definition) is 5. The number of methoxy groups -OCH3 is 1. The summed E-state index contributed by atoms with van der Waals surface area (Å²) in [7, 11) is 1.79. The molecule has 0 aromatic carbocycles. The van der Waals surface area contributed by atoms with E-state index < -0.39 is 0 Å². The van der Waals surface area contributed by atoms with Crippen molar-refractivity contribution in [3.63, 3.8) is 0 Å². The number of fused-ring (bicyclic) bond motifs is 1. The monoisotopic (exact) mass is 408 g/mol. The average Bonchev–Trinajstić information content (AvgIpc) is 3.20. The Hall–Kier alpha value is -2.47. The number of amides is 1. The summed E-state index contributed by atoms with van der Waals surface area (Å²) >= 11 is 0. The predicted molar refractivity (Wildman–Crippen MR) is 117 cm³/mol. The number of unbranched alkanes of at least 4 members (excludes halogenated alkanes) is 1. The number of rotatable bonds is 8. The fraction of sp³-hybridized carbons (Fsp3) is 0.542. The predicted octanol–water partition coefficient (Wildman–Crippen LogP) is 3.55. The lowest BCUT2D eigenvalue weighted by molar-refractivity contribution is -0.130. The van der Waals surface area contributed by atoms with E-state index in [1.54, 1.807) is 19.5 Å². The fourth-order valence-electron chi connectivity index (χ4n) is 4.98. The maximum atomic E-state index is 12.8. The van der Waals surface area contributed by atoms with Crippen LogP contribution >= 0.6 is 0 Å². The standard InChI is InChI=1S/C24H32N4O2/c1-30-22-14-20-17-28(24(29)10-3-2-7-18-8-6-11-25-15-18)16-19(20)13-21(22)27-23-9-4-5-12-26-23/h4-6,8-9,11-12,15,19-22H,2-3,7,10,13-14,16-17H2,1H3,(H,26,27)/t19-,20+,21-,22-/m1/s1. The van der Waals surface area contributed by atoms with E-state index >= 15 is 0 Å². The third kappa shape index (κ3) is 5.17. The number of aromatic nitrogens is 2. The minimum atomic E-state index is 0.155. The van der Waals surface area contributed by atoms with Gasteiger partial charge in [0.15, 0.2) is 0 Å². The van der Waals surface area contributed by atoms with Crippen LogP contribution in [0.2, 0.25) is 0 Å². The summed E-state index contributed by atoms with van der Waals surface area (Å²) in [5.41, 5.74) is 1.24. The molecule has 1 aliphatic heterocycles. The van der Waals surface area contributed by atoms with Crippen LogP contribution in [0.5, 0.6) is 0 Å². The summed E-state index contributed by atoms with van der Waals surface area (Å²) in [6.07, 6.45) is 11.3. The molecule has 160 valence electrons. The third-order valence-electron chi connectivity index (χ3n) is 6.60. The van der Waals surface area contributed by atoms with Crippen molar-refractivity contribution in [2.45, 2.75) is 50.7 Å². The SMILES string of the molecule is CO[C@@H]1C[C@H]2CN(C(=O)CCCCc3cccnc3)C[C@H]2C[C@H]1Nc1ccccn1. The number of hydrogen-bond donors (Lipinski definition) is 1. The van der Waals surface area contributed by atoms with Crippen LogP contribution in [0.4, 0.5) is 5.82 Å². The molecule has 4 rings (SSSR count). The van der Waals surface area contributed by atoms with Crippen molar-refractivity contribution in [3.8, 4) is 0 Å². The van der Waals surface area contributed by atoms with Gasteiger partial charge in [-0.15, -0.1) is 0 Å². The van der Waals surface area contributed by atoms with E-state index in [1.165, 1.54) is 5.56 Å². The number of carbonyl (C=O) groups is 1. The van der Waals surface area contributed by atoms with Gasteiger partial charge in [0, 0.05) is 45.2 Å². The van der Waals surface area contributed by atoms with Crippen molar-refractivity contribution in [3.05, 3.63) is 54.5 Å². The number of carbonyl (C=O) groups excluding carboxylic acids is 1. The van der Waals surface area contributed by atoms with Crippen LogP contribution in [0.3, 0.4) is 0 Å². The van der Waals surface area contributed by atoms with Crippen molar-refractivity contribution >= 4 is 11.7 Å². The van der Waals surface area contributed by atoms with Gasteiger partial charge < -0.3 is 15.0 Å². The molecule has 1 saturated heterocycles. The molecule has 2 aromatic rings. The Bertz CT molecular complexity index is 801. The van der Waals surface area contributed by atoms with Crippen molar-refractivity contribution < 1.29 is 9.53 Å². The van der Waals surface area contributed by atoms with Gasteiger partial charge in [-0.3, -0.25) is 9.78 Å². The molecule has 30 heavy (non-hydrogen) atoms. The first-order valence-electron chi connectivity index (χ1n) is 11.1. The number of aryl methyl sites for hydroxylation is 1. The maximum Gasteiger partial charge on any atom is 0.222 e. The molecule has 2 aromatic heterocycles. The second-order valence-corrected chi connectivity index (χ2v) is 8.60. The summed E-state index contributed by atoms with van der Waals surface area (Å²) in [5.74, 6) is 2.27. The van der Waals surface area contributed by atoms with Crippen LogP contribution in [0.15, 0.2) is 48.9 Å². The molecule has 2 aliphatic rings. The molecular formula is C24H32N4O2. The highest BCUT2D eigenvalue weighted by molar-refractivity contribution is 5.76. The van der Waals surface area contributed by atoms with Crippen LogP contribution in [0.25, 0.3) is 0 Å². The second-order valence-electron chi connectivity index (χ2n) is 8.60. The minimum absolute atomic E-state index is 0.155. The second kappa shape index (κ2) is 10.0. The summed E-state index contributed by atoms with van der Waals surface area (Å²) < 4.78 is 5.80. The molecule has 1 amide bonds. The van der Waals surface area contributed by atoms with Crippen LogP contribution in [0.1, 0.15) is 37.7 Å². The summed E-state index contributed by atoms with van der Waals surface area (Å²) in [6, 6.07) is 10.2. The number of anilines is 1. The molecule has 1 N–H and O–H groups in total. The van der Waals surface area contributed by atoms with Crippen molar-refractivity contribution in [1.29, 1.82) is 0 Å². The largest absolute Gasteiger partial charge is 0.379 e. The van der Waals surface area contributed by atoms with Gasteiger partial charge in [0.05, 0.1) is 12.1 Å². The zero-order valence-electron chi connectivity index (χ0n) is 17.7. The summed E-state index contributed by atoms with van der Waals surface area (Å²) in [6.45, 7) is 1.76. The van der Waals surface area contributed by atoms with E-state index in [0.29, 0.717) is 24.2 Å². The fourth-order valence-corrected chi connectivity index (χ4v) is 4.98. The van der Waals surface area contributed by atoms with Gasteiger partial charge in [-0.25, -0.2) is 4.98 Å². The van der Waals surface area contributed by atoms with Gasteiger partial charge in [-0.05, 0) is 67.7 Å². The normalized spacial score (nSPS) is 25.7. The maximum absolute atomic E-state index is 12.8. The van der Waals surface area contributed by atoms with E-state index in [9.17, 15) is 4.79 Å². The number of pyridine rings is 2. The number of nitrogens with one attached hydrogen (secondary N) is 1. The lowest BCUT2D eigenvalue weighted by Gasteiger charge is -2.37. The molecule has 6 nitrogen and oxygen atoms in total. The zero-order valence-corrected chi connectivity index (χ0v) is 17.7. The Kier molecular flexibility index (Phi) is 6.95. The molecule has 1 aliphatic carbocycles. The van der Waals surface area contributed by atoms with Crippen molar-refractivity contribution in [2.24, 2.45) is 11.8 Å². The average molecular weight is 409 g/mol. The number of likely N-dealkylation sites (tertiary alicyclic amines) is 1. The Morgan fingerprint density at radius 1 is 1.13 bits per heavy atom. The minimum Gasteiger partial charge on any atom is -0.379 e. The molecule has 0 unspecified atom stereocenters.